The van der Waals surface area contributed by atoms with Gasteiger partial charge in [-0.3, -0.25) is 14.6 Å². The molecular formula is C20H19N8O2S2+. The molecule has 1 fully saturated rings. The van der Waals surface area contributed by atoms with Gasteiger partial charge in [-0.05, 0) is 30.7 Å². The van der Waals surface area contributed by atoms with E-state index in [0.717, 1.165) is 42.6 Å². The molecule has 162 valence electrons. The minimum Gasteiger partial charge on any atom is -0.383 e. The number of pyridine rings is 1. The number of carbonyl (C=O) groups excluding carboxylic acids is 1. The highest BCUT2D eigenvalue weighted by molar-refractivity contribution is 8.00. The zero-order valence-corrected chi connectivity index (χ0v) is 18.6. The Hall–Kier alpha value is -3.61. The normalized spacial score (nSPS) is 13.4. The van der Waals surface area contributed by atoms with E-state index in [1.54, 1.807) is 11.0 Å². The van der Waals surface area contributed by atoms with Crippen molar-refractivity contribution in [1.29, 1.82) is 10.5 Å². The minimum absolute atomic E-state index is 0.0237. The average molecular weight is 468 g/mol. The number of rotatable bonds is 6. The number of nitrogen functional groups attached to an aromatic ring is 1. The summed E-state index contributed by atoms with van der Waals surface area (Å²) in [5.41, 5.74) is 6.80. The van der Waals surface area contributed by atoms with Crippen LogP contribution < -0.4 is 20.9 Å². The van der Waals surface area contributed by atoms with Gasteiger partial charge in [0.25, 0.3) is 6.20 Å². The Kier molecular flexibility index (Phi) is 6.54. The van der Waals surface area contributed by atoms with Crippen LogP contribution in [-0.2, 0) is 4.79 Å². The van der Waals surface area contributed by atoms with Crippen molar-refractivity contribution in [2.24, 2.45) is 0 Å². The number of nitriles is 2. The number of anilines is 2. The third-order valence-corrected chi connectivity index (χ3v) is 6.73. The zero-order valence-electron chi connectivity index (χ0n) is 16.9. The molecule has 0 atom stereocenters. The van der Waals surface area contributed by atoms with E-state index in [0.29, 0.717) is 10.6 Å². The zero-order chi connectivity index (χ0) is 22.5. The van der Waals surface area contributed by atoms with E-state index in [1.165, 1.54) is 17.8 Å². The topological polar surface area (TPSA) is 149 Å². The number of piperidine rings is 1. The molecule has 0 bridgehead atoms. The number of aromatic nitrogens is 3. The predicted octanol–water partition coefficient (Wildman–Crippen LogP) is 2.26. The van der Waals surface area contributed by atoms with Crippen LogP contribution in [0.1, 0.15) is 30.4 Å². The number of thioether (sulfide) groups is 1. The van der Waals surface area contributed by atoms with E-state index >= 15 is 0 Å². The van der Waals surface area contributed by atoms with Gasteiger partial charge in [0.15, 0.2) is 0 Å². The molecule has 1 saturated heterocycles. The van der Waals surface area contributed by atoms with Gasteiger partial charge in [-0.25, -0.2) is 4.98 Å². The monoisotopic (exact) mass is 467 g/mol. The largest absolute Gasteiger partial charge is 0.383 e. The first kappa shape index (κ1) is 21.6. The van der Waals surface area contributed by atoms with Crippen LogP contribution in [0, 0.1) is 22.7 Å². The Labute approximate surface area is 192 Å². The molecule has 1 amide bonds. The minimum atomic E-state index is -0.344. The van der Waals surface area contributed by atoms with E-state index in [-0.39, 0.29) is 34.5 Å². The molecule has 3 aromatic heterocycles. The quantitative estimate of drug-likeness (QED) is 0.411. The van der Waals surface area contributed by atoms with Crippen molar-refractivity contribution in [3.05, 3.63) is 34.8 Å². The lowest BCUT2D eigenvalue weighted by Gasteiger charge is -2.17. The number of hydrogen-bond acceptors (Lipinski definition) is 10. The Morgan fingerprint density at radius 2 is 2.09 bits per heavy atom. The summed E-state index contributed by atoms with van der Waals surface area (Å²) in [7, 11) is 0. The fraction of sp³-hybridized carbons (Fsp3) is 0.300. The number of hydrogen-bond donors (Lipinski definition) is 2. The molecule has 32 heavy (non-hydrogen) atoms. The first-order valence-electron chi connectivity index (χ1n) is 9.84. The number of nitrogens with one attached hydrogen (secondary N) is 1. The van der Waals surface area contributed by atoms with E-state index in [9.17, 15) is 15.3 Å². The summed E-state index contributed by atoms with van der Waals surface area (Å²) < 4.78 is 5.21. The van der Waals surface area contributed by atoms with E-state index < -0.39 is 0 Å². The van der Waals surface area contributed by atoms with Gasteiger partial charge in [-0.2, -0.15) is 15.5 Å². The maximum absolute atomic E-state index is 12.5. The van der Waals surface area contributed by atoms with Crippen LogP contribution in [0.5, 0.6) is 0 Å². The highest BCUT2D eigenvalue weighted by atomic mass is 32.2. The second-order valence-electron chi connectivity index (χ2n) is 6.97. The average Bonchev–Trinajstić information content (AvgIpc) is 3.50. The first-order chi connectivity index (χ1) is 15.6. The van der Waals surface area contributed by atoms with Crippen LogP contribution in [0.3, 0.4) is 0 Å². The number of carbonyl (C=O) groups is 1. The SMILES string of the molecule is N#Cc1c(N)nc(SCC(=O)Nc2c[n+](N3CCCCC3)no2)c(C#N)c1-c1cccs1. The van der Waals surface area contributed by atoms with Crippen molar-refractivity contribution >= 4 is 40.7 Å². The van der Waals surface area contributed by atoms with Crippen molar-refractivity contribution in [3.8, 4) is 22.6 Å². The molecule has 4 rings (SSSR count). The molecule has 12 heteroatoms. The Morgan fingerprint density at radius 1 is 1.31 bits per heavy atom. The summed E-state index contributed by atoms with van der Waals surface area (Å²) in [4.78, 5) is 19.0. The molecule has 0 radical (unpaired) electrons. The second-order valence-corrected chi connectivity index (χ2v) is 8.88. The molecule has 1 aliphatic heterocycles. The van der Waals surface area contributed by atoms with E-state index in [2.05, 4.69) is 21.6 Å². The lowest BCUT2D eigenvalue weighted by molar-refractivity contribution is -0.759. The van der Waals surface area contributed by atoms with Gasteiger partial charge in [0.05, 0.1) is 29.2 Å². The van der Waals surface area contributed by atoms with Crippen LogP contribution in [0.25, 0.3) is 10.4 Å². The Morgan fingerprint density at radius 3 is 2.78 bits per heavy atom. The highest BCUT2D eigenvalue weighted by Gasteiger charge is 2.24. The molecule has 0 aliphatic carbocycles. The summed E-state index contributed by atoms with van der Waals surface area (Å²) in [6, 6.07) is 7.79. The van der Waals surface area contributed by atoms with Gasteiger partial charge >= 0.3 is 5.88 Å². The Balaban J connectivity index is 1.48. The number of nitrogens with two attached hydrogens (primary N) is 1. The maximum Gasteiger partial charge on any atom is 0.305 e. The summed E-state index contributed by atoms with van der Waals surface area (Å²) >= 11 is 2.46. The maximum atomic E-state index is 12.5. The molecule has 4 heterocycles. The molecule has 0 saturated carbocycles. The number of thiophene rings is 1. The van der Waals surface area contributed by atoms with Crippen molar-refractivity contribution in [2.45, 2.75) is 24.3 Å². The lowest BCUT2D eigenvalue weighted by Crippen LogP contribution is -2.60. The molecule has 3 aromatic rings. The molecular weight excluding hydrogens is 448 g/mol. The van der Waals surface area contributed by atoms with E-state index in [4.69, 9.17) is 10.3 Å². The third kappa shape index (κ3) is 4.51. The van der Waals surface area contributed by atoms with Crippen molar-refractivity contribution in [2.75, 3.05) is 34.9 Å². The van der Waals surface area contributed by atoms with Gasteiger partial charge in [0, 0.05) is 10.4 Å². The van der Waals surface area contributed by atoms with Crippen molar-refractivity contribution in [3.63, 3.8) is 0 Å². The molecule has 3 N–H and O–H groups in total. The standard InChI is InChI=1S/C20H18N8O2S2/c21-9-13-18(15-5-4-8-31-15)14(10-22)20(25-19(13)23)32-12-16(29)24-17-11-28(26-30-17)27-6-2-1-3-7-27/h4-5,8,11H,1-3,6-7,12H2,(H2-,23,24,25,26,29)/p+1. The number of nitrogens with zero attached hydrogens (tertiary/aromatic N) is 6. The van der Waals surface area contributed by atoms with Crippen molar-refractivity contribution in [1.82, 2.24) is 10.3 Å². The fourth-order valence-corrected chi connectivity index (χ4v) is 4.96. The summed E-state index contributed by atoms with van der Waals surface area (Å²) in [6.07, 6.45) is 5.01. The summed E-state index contributed by atoms with van der Waals surface area (Å²) in [5.74, 6) is -0.117. The van der Waals surface area contributed by atoms with Gasteiger partial charge in [-0.1, -0.05) is 17.8 Å². The lowest BCUT2D eigenvalue weighted by atomic mass is 10.0. The van der Waals surface area contributed by atoms with Crippen molar-refractivity contribution < 1.29 is 14.1 Å². The van der Waals surface area contributed by atoms with Crippen LogP contribution in [0.2, 0.25) is 0 Å². The molecule has 0 aromatic carbocycles. The van der Waals surface area contributed by atoms with Gasteiger partial charge in [-0.15, -0.1) is 11.3 Å². The molecule has 1 aliphatic rings. The fourth-order valence-electron chi connectivity index (χ4n) is 3.39. The summed E-state index contributed by atoms with van der Waals surface area (Å²) in [5, 5.41) is 30.1. The van der Waals surface area contributed by atoms with Crippen LogP contribution >= 0.6 is 23.1 Å². The summed E-state index contributed by atoms with van der Waals surface area (Å²) in [6.45, 7) is 1.77. The molecule has 0 unspecified atom stereocenters. The van der Waals surface area contributed by atoms with Gasteiger partial charge in [0.1, 0.15) is 28.5 Å². The van der Waals surface area contributed by atoms with Crippen LogP contribution in [0.4, 0.5) is 11.7 Å². The van der Waals surface area contributed by atoms with Crippen LogP contribution in [-0.4, -0.2) is 35.0 Å². The Bertz CT molecular complexity index is 1200. The number of amides is 1. The third-order valence-electron chi connectivity index (χ3n) is 4.86. The highest BCUT2D eigenvalue weighted by Crippen LogP contribution is 2.37. The van der Waals surface area contributed by atoms with Gasteiger partial charge < -0.3 is 5.73 Å². The molecule has 10 nitrogen and oxygen atoms in total. The smallest absolute Gasteiger partial charge is 0.305 e. The second kappa shape index (κ2) is 9.68. The molecule has 0 spiro atoms. The van der Waals surface area contributed by atoms with E-state index in [1.807, 2.05) is 28.6 Å². The predicted molar refractivity (Wildman–Crippen MR) is 119 cm³/mol. The first-order valence-corrected chi connectivity index (χ1v) is 11.7. The van der Waals surface area contributed by atoms with Crippen LogP contribution in [0.15, 0.2) is 33.3 Å². The van der Waals surface area contributed by atoms with Gasteiger partial charge in [0.2, 0.25) is 11.2 Å².